The maximum atomic E-state index is 10.7. The first kappa shape index (κ1) is 20.9. The van der Waals surface area contributed by atoms with Crippen molar-refractivity contribution >= 4 is 10.1 Å². The van der Waals surface area contributed by atoms with Gasteiger partial charge in [0, 0.05) is 0 Å². The number of benzene rings is 2. The Labute approximate surface area is 152 Å². The van der Waals surface area contributed by atoms with Gasteiger partial charge in [-0.15, -0.1) is 0 Å². The lowest BCUT2D eigenvalue weighted by atomic mass is 10.2. The maximum Gasteiger partial charge on any atom is 0.485 e. The third kappa shape index (κ3) is 6.34. The molecule has 0 aromatic heterocycles. The van der Waals surface area contributed by atoms with E-state index in [0.717, 1.165) is 7.14 Å². The fraction of sp³-hybridized carbons (Fsp3) is 0.0667. The molecule has 0 atom stereocenters. The molecule has 0 saturated heterocycles. The van der Waals surface area contributed by atoms with Crippen LogP contribution < -0.4 is 21.2 Å². The zero-order valence-electron chi connectivity index (χ0n) is 12.2. The van der Waals surface area contributed by atoms with Crippen molar-refractivity contribution < 1.29 is 47.3 Å². The fourth-order valence-electron chi connectivity index (χ4n) is 1.38. The molecule has 0 heterocycles. The van der Waals surface area contributed by atoms with Crippen LogP contribution in [-0.2, 0) is 10.1 Å². The quantitative estimate of drug-likeness (QED) is 0.331. The summed E-state index contributed by atoms with van der Waals surface area (Å²) >= 11 is -0.472. The summed E-state index contributed by atoms with van der Waals surface area (Å²) in [5, 5.41) is 18.1. The Kier molecular flexibility index (Phi) is 7.36. The van der Waals surface area contributed by atoms with Gasteiger partial charge in [-0.2, -0.15) is 23.7 Å². The zero-order valence-corrected chi connectivity index (χ0v) is 15.1. The molecule has 0 aliphatic heterocycles. The standard InChI is InChI=1S/C14H8IN2.CHF3O3S/c16-9-11-5-1-3-7-13(11)15-14-8-4-2-6-12(14)10-17;2-1(3,4)8(5,6)7/h1-8H;(H,5,6,7)/q+1;/p-1. The summed E-state index contributed by atoms with van der Waals surface area (Å²) in [5.74, 6) is 0. The molecular formula is C15H8F3IN2O3S. The molecule has 2 rings (SSSR count). The highest BCUT2D eigenvalue weighted by Gasteiger charge is 2.36. The fourth-order valence-corrected chi connectivity index (χ4v) is 3.96. The van der Waals surface area contributed by atoms with Crippen LogP contribution in [0.1, 0.15) is 11.1 Å². The molecule has 130 valence electrons. The van der Waals surface area contributed by atoms with Gasteiger partial charge in [0.05, 0.1) is 0 Å². The van der Waals surface area contributed by atoms with Crippen molar-refractivity contribution in [2.45, 2.75) is 5.51 Å². The summed E-state index contributed by atoms with van der Waals surface area (Å²) in [6.45, 7) is 0. The number of hydrogen-bond acceptors (Lipinski definition) is 5. The van der Waals surface area contributed by atoms with Crippen LogP contribution in [0.2, 0.25) is 0 Å². The Morgan fingerprint density at radius 2 is 1.20 bits per heavy atom. The second-order valence-corrected chi connectivity index (χ2v) is 8.41. The number of nitriles is 2. The molecule has 0 saturated carbocycles. The number of hydrogen-bond donors (Lipinski definition) is 0. The minimum absolute atomic E-state index is 0.472. The molecule has 25 heavy (non-hydrogen) atoms. The Bertz CT molecular complexity index is 877. The van der Waals surface area contributed by atoms with E-state index in [0.29, 0.717) is 11.1 Å². The lowest BCUT2D eigenvalue weighted by Gasteiger charge is -2.08. The van der Waals surface area contributed by atoms with Crippen LogP contribution in [0.15, 0.2) is 48.5 Å². The van der Waals surface area contributed by atoms with Crippen molar-refractivity contribution in [3.63, 3.8) is 0 Å². The van der Waals surface area contributed by atoms with Crippen molar-refractivity contribution in [1.29, 1.82) is 10.5 Å². The molecule has 0 spiro atoms. The average Bonchev–Trinajstić information content (AvgIpc) is 2.54. The molecule has 2 aromatic rings. The van der Waals surface area contributed by atoms with Crippen molar-refractivity contribution in [3.05, 3.63) is 66.8 Å². The van der Waals surface area contributed by atoms with Crippen molar-refractivity contribution in [3.8, 4) is 12.1 Å². The van der Waals surface area contributed by atoms with Crippen molar-refractivity contribution in [2.24, 2.45) is 0 Å². The van der Waals surface area contributed by atoms with Gasteiger partial charge in [0.25, 0.3) is 0 Å². The first-order chi connectivity index (χ1) is 11.6. The summed E-state index contributed by atoms with van der Waals surface area (Å²) in [5.41, 5.74) is -4.21. The molecule has 0 aliphatic rings. The van der Waals surface area contributed by atoms with E-state index in [2.05, 4.69) is 12.1 Å². The number of halogens is 4. The molecule has 10 heteroatoms. The Morgan fingerprint density at radius 3 is 1.48 bits per heavy atom. The largest absolute Gasteiger partial charge is 0.741 e. The normalized spacial score (nSPS) is 10.8. The van der Waals surface area contributed by atoms with E-state index in [9.17, 15) is 13.2 Å². The van der Waals surface area contributed by atoms with E-state index in [-0.39, 0.29) is 0 Å². The van der Waals surface area contributed by atoms with Gasteiger partial charge in [0.15, 0.2) is 10.1 Å². The molecule has 2 aromatic carbocycles. The Hall–Kier alpha value is -2.15. The van der Waals surface area contributed by atoms with Crippen LogP contribution in [0.3, 0.4) is 0 Å². The van der Waals surface area contributed by atoms with Crippen LogP contribution >= 0.6 is 0 Å². The number of nitrogens with zero attached hydrogens (tertiary/aromatic N) is 2. The van der Waals surface area contributed by atoms with E-state index >= 15 is 0 Å². The first-order valence-electron chi connectivity index (χ1n) is 6.25. The van der Waals surface area contributed by atoms with E-state index in [1.54, 1.807) is 0 Å². The highest BCUT2D eigenvalue weighted by molar-refractivity contribution is 7.86. The van der Waals surface area contributed by atoms with E-state index in [1.165, 1.54) is 0 Å². The minimum atomic E-state index is -6.09. The van der Waals surface area contributed by atoms with Crippen LogP contribution in [0, 0.1) is 29.8 Å². The minimum Gasteiger partial charge on any atom is -0.741 e. The van der Waals surface area contributed by atoms with Gasteiger partial charge in [0.1, 0.15) is 23.3 Å². The number of alkyl halides is 3. The lowest BCUT2D eigenvalue weighted by molar-refractivity contribution is -0.598. The maximum absolute atomic E-state index is 10.7. The second-order valence-electron chi connectivity index (χ2n) is 4.18. The SMILES string of the molecule is N#Cc1ccccc1[I+]c1ccccc1C#N.O=S(=O)([O-])C(F)(F)F. The summed E-state index contributed by atoms with van der Waals surface area (Å²) in [4.78, 5) is 0. The van der Waals surface area contributed by atoms with Gasteiger partial charge in [0.2, 0.25) is 7.14 Å². The van der Waals surface area contributed by atoms with E-state index in [1.807, 2.05) is 48.5 Å². The zero-order chi connectivity index (χ0) is 19.1. The molecule has 0 N–H and O–H groups in total. The second kappa shape index (κ2) is 8.80. The highest BCUT2D eigenvalue weighted by atomic mass is 127. The Morgan fingerprint density at radius 1 is 0.880 bits per heavy atom. The van der Waals surface area contributed by atoms with Crippen LogP contribution in [0.5, 0.6) is 0 Å². The van der Waals surface area contributed by atoms with Gasteiger partial charge in [-0.3, -0.25) is 0 Å². The molecular weight excluding hydrogens is 472 g/mol. The van der Waals surface area contributed by atoms with Gasteiger partial charge in [-0.05, 0) is 24.3 Å². The van der Waals surface area contributed by atoms with Crippen LogP contribution in [-0.4, -0.2) is 18.5 Å². The lowest BCUT2D eigenvalue weighted by Crippen LogP contribution is -3.62. The van der Waals surface area contributed by atoms with Crippen molar-refractivity contribution in [2.75, 3.05) is 0 Å². The molecule has 0 aliphatic carbocycles. The predicted octanol–water partition coefficient (Wildman–Crippen LogP) is -0.390. The van der Waals surface area contributed by atoms with E-state index in [4.69, 9.17) is 23.5 Å². The Balaban J connectivity index is 0.000000333. The molecule has 0 fully saturated rings. The molecule has 0 bridgehead atoms. The summed E-state index contributed by atoms with van der Waals surface area (Å²) in [7, 11) is -6.09. The van der Waals surface area contributed by atoms with Gasteiger partial charge < -0.3 is 4.55 Å². The number of rotatable bonds is 2. The summed E-state index contributed by atoms with van der Waals surface area (Å²) in [6.07, 6.45) is 0. The van der Waals surface area contributed by atoms with Gasteiger partial charge >= 0.3 is 26.7 Å². The third-order valence-corrected chi connectivity index (χ3v) is 6.09. The smallest absolute Gasteiger partial charge is 0.485 e. The molecule has 5 nitrogen and oxygen atoms in total. The molecule has 0 unspecified atom stereocenters. The molecule has 0 radical (unpaired) electrons. The third-order valence-electron chi connectivity index (χ3n) is 2.48. The van der Waals surface area contributed by atoms with E-state index < -0.39 is 36.8 Å². The van der Waals surface area contributed by atoms with Gasteiger partial charge in [-0.1, -0.05) is 24.3 Å². The first-order valence-corrected chi connectivity index (χ1v) is 9.82. The average molecular weight is 480 g/mol. The summed E-state index contributed by atoms with van der Waals surface area (Å²) < 4.78 is 61.0. The van der Waals surface area contributed by atoms with Gasteiger partial charge in [-0.25, -0.2) is 8.42 Å². The predicted molar refractivity (Wildman–Crippen MR) is 75.5 cm³/mol. The summed E-state index contributed by atoms with van der Waals surface area (Å²) in [6, 6.07) is 19.6. The monoisotopic (exact) mass is 480 g/mol. The van der Waals surface area contributed by atoms with Crippen molar-refractivity contribution in [1.82, 2.24) is 0 Å². The molecule has 0 amide bonds. The van der Waals surface area contributed by atoms with Crippen LogP contribution in [0.25, 0.3) is 0 Å². The van der Waals surface area contributed by atoms with Crippen LogP contribution in [0.4, 0.5) is 13.2 Å². The highest BCUT2D eigenvalue weighted by Crippen LogP contribution is 2.20. The topological polar surface area (TPSA) is 105 Å².